The van der Waals surface area contributed by atoms with Crippen LogP contribution in [-0.4, -0.2) is 46.4 Å². The number of fused-ring (bicyclic) bond motifs is 8. The van der Waals surface area contributed by atoms with E-state index < -0.39 is 0 Å². The molecule has 12 heteroatoms. The molecule has 0 fully saturated rings. The summed E-state index contributed by atoms with van der Waals surface area (Å²) in [6, 6.07) is 30.4. The molecule has 7 aromatic rings. The third-order valence-corrected chi connectivity index (χ3v) is 11.3. The predicted molar refractivity (Wildman–Crippen MR) is 276 cm³/mol. The van der Waals surface area contributed by atoms with Crippen LogP contribution in [0.25, 0.3) is 90.9 Å². The summed E-state index contributed by atoms with van der Waals surface area (Å²) in [6.45, 7) is 14.9. The number of anilines is 4. The van der Waals surface area contributed by atoms with E-state index in [1.807, 2.05) is 128 Å². The van der Waals surface area contributed by atoms with Gasteiger partial charge in [0.2, 0.25) is 0 Å². The molecule has 8 bridgehead atoms. The molecule has 0 aliphatic carbocycles. The average Bonchev–Trinajstić information content (AvgIpc) is 4.19. The third-order valence-electron chi connectivity index (χ3n) is 11.3. The quantitative estimate of drug-likeness (QED) is 0.0425. The highest BCUT2D eigenvalue weighted by atomic mass is 16.5. The maximum absolute atomic E-state index is 6.88. The van der Waals surface area contributed by atoms with Crippen LogP contribution in [0, 0.1) is 0 Å². The van der Waals surface area contributed by atoms with Crippen molar-refractivity contribution in [2.24, 2.45) is 0 Å². The highest BCUT2D eigenvalue weighted by Crippen LogP contribution is 2.43. The lowest BCUT2D eigenvalue weighted by molar-refractivity contribution is 0.340. The van der Waals surface area contributed by atoms with Crippen LogP contribution in [0.2, 0.25) is 0 Å². The van der Waals surface area contributed by atoms with Crippen LogP contribution in [0.15, 0.2) is 135 Å². The van der Waals surface area contributed by atoms with E-state index in [1.54, 1.807) is 18.2 Å². The number of H-pyrrole nitrogens is 2. The van der Waals surface area contributed by atoms with Crippen molar-refractivity contribution in [3.8, 4) is 67.5 Å². The minimum atomic E-state index is 0.311. The van der Waals surface area contributed by atoms with Crippen molar-refractivity contribution in [1.82, 2.24) is 19.9 Å². The van der Waals surface area contributed by atoms with Gasteiger partial charge in [-0.05, 0) is 128 Å². The lowest BCUT2D eigenvalue weighted by Gasteiger charge is -2.13. The Morgan fingerprint density at radius 1 is 0.418 bits per heavy atom. The van der Waals surface area contributed by atoms with E-state index in [0.29, 0.717) is 112 Å². The second-order valence-corrected chi connectivity index (χ2v) is 15.7. The summed E-state index contributed by atoms with van der Waals surface area (Å²) in [5.74, 6) is 2.51. The van der Waals surface area contributed by atoms with Crippen molar-refractivity contribution in [3.05, 3.63) is 158 Å². The standard InChI is InChI=1S/C55H50N8O4/c1-5-25-65-33-10-14-41(57)37(29-33)53-46-19-17-44(60-46)52(36-28-32(64-8-4)9-13-40(36)56)45-18-20-47(61-45)54(38-30-34(66-26-6-2)11-15-42(38)58)49-22-24-51(63-49)55(50-23-21-48(53)62-50)39-31-35(67-27-7-3)12-16-43(39)59/h5-7,9-24,28-31,60,63H,1-3,8,25-27,56-59H2,4H3. The van der Waals surface area contributed by atoms with Gasteiger partial charge in [0.1, 0.15) is 42.8 Å². The Hall–Kier alpha value is -8.90. The Morgan fingerprint density at radius 3 is 0.940 bits per heavy atom. The zero-order valence-corrected chi connectivity index (χ0v) is 37.1. The number of nitrogen functional groups attached to an aromatic ring is 4. The minimum Gasteiger partial charge on any atom is -0.494 e. The number of aromatic amines is 2. The predicted octanol–water partition coefficient (Wildman–Crippen LogP) is 11.7. The number of nitrogens with two attached hydrogens (primary N) is 4. The van der Waals surface area contributed by atoms with Gasteiger partial charge in [0.25, 0.3) is 0 Å². The number of hydrogen-bond donors (Lipinski definition) is 6. The van der Waals surface area contributed by atoms with Crippen LogP contribution in [-0.2, 0) is 0 Å². The van der Waals surface area contributed by atoms with Gasteiger partial charge in [-0.3, -0.25) is 0 Å². The molecule has 2 aliphatic rings. The van der Waals surface area contributed by atoms with Crippen LogP contribution in [0.1, 0.15) is 29.7 Å². The fourth-order valence-corrected chi connectivity index (χ4v) is 8.34. The molecule has 5 heterocycles. The number of nitrogens with zero attached hydrogens (tertiary/aromatic N) is 2. The first kappa shape index (κ1) is 43.4. The monoisotopic (exact) mass is 886 g/mol. The van der Waals surface area contributed by atoms with Gasteiger partial charge in [-0.2, -0.15) is 0 Å². The molecule has 0 saturated heterocycles. The number of nitrogens with one attached hydrogen (secondary N) is 2. The van der Waals surface area contributed by atoms with Crippen LogP contribution < -0.4 is 41.9 Å². The van der Waals surface area contributed by atoms with E-state index >= 15 is 0 Å². The zero-order chi connectivity index (χ0) is 46.6. The molecule has 0 spiro atoms. The number of benzene rings is 4. The van der Waals surface area contributed by atoms with Crippen molar-refractivity contribution in [3.63, 3.8) is 0 Å². The van der Waals surface area contributed by atoms with Crippen LogP contribution in [0.3, 0.4) is 0 Å². The summed E-state index contributed by atoms with van der Waals surface area (Å²) in [4.78, 5) is 18.3. The van der Waals surface area contributed by atoms with Crippen molar-refractivity contribution < 1.29 is 18.9 Å². The van der Waals surface area contributed by atoms with Crippen molar-refractivity contribution in [1.29, 1.82) is 0 Å². The fraction of sp³-hybridized carbons (Fsp3) is 0.0909. The highest BCUT2D eigenvalue weighted by molar-refractivity contribution is 6.03. The van der Waals surface area contributed by atoms with Crippen LogP contribution in [0.5, 0.6) is 23.0 Å². The molecule has 67 heavy (non-hydrogen) atoms. The van der Waals surface area contributed by atoms with E-state index in [9.17, 15) is 0 Å². The van der Waals surface area contributed by atoms with Gasteiger partial charge in [0, 0.05) is 89.3 Å². The van der Waals surface area contributed by atoms with E-state index in [-0.39, 0.29) is 0 Å². The molecule has 0 amide bonds. The van der Waals surface area contributed by atoms with Gasteiger partial charge in [0.15, 0.2) is 0 Å². The number of ether oxygens (including phenoxy) is 4. The zero-order valence-electron chi connectivity index (χ0n) is 37.1. The Morgan fingerprint density at radius 2 is 0.687 bits per heavy atom. The summed E-state index contributed by atoms with van der Waals surface area (Å²) in [5.41, 5.74) is 40.8. The molecular weight excluding hydrogens is 837 g/mol. The summed E-state index contributed by atoms with van der Waals surface area (Å²) in [5, 5.41) is 0. The molecule has 0 radical (unpaired) electrons. The van der Waals surface area contributed by atoms with E-state index in [0.717, 1.165) is 49.9 Å². The first-order valence-electron chi connectivity index (χ1n) is 21.8. The Kier molecular flexibility index (Phi) is 12.1. The van der Waals surface area contributed by atoms with Gasteiger partial charge in [0.05, 0.1) is 29.4 Å². The van der Waals surface area contributed by atoms with Crippen LogP contribution >= 0.6 is 0 Å². The fourth-order valence-electron chi connectivity index (χ4n) is 8.34. The molecule has 0 unspecified atom stereocenters. The Balaban J connectivity index is 1.47. The molecule has 334 valence electrons. The normalized spacial score (nSPS) is 11.6. The third kappa shape index (κ3) is 8.59. The summed E-state index contributed by atoms with van der Waals surface area (Å²) >= 11 is 0. The van der Waals surface area contributed by atoms with Gasteiger partial charge in [-0.25, -0.2) is 9.97 Å². The second kappa shape index (κ2) is 18.7. The molecule has 4 aromatic carbocycles. The average molecular weight is 887 g/mol. The summed E-state index contributed by atoms with van der Waals surface area (Å²) in [7, 11) is 0. The van der Waals surface area contributed by atoms with E-state index in [1.165, 1.54) is 0 Å². The first-order valence-corrected chi connectivity index (χ1v) is 21.8. The molecule has 0 saturated carbocycles. The van der Waals surface area contributed by atoms with Gasteiger partial charge in [-0.15, -0.1) is 0 Å². The lowest BCUT2D eigenvalue weighted by Crippen LogP contribution is -1.98. The molecule has 0 atom stereocenters. The largest absolute Gasteiger partial charge is 0.494 e. The Bertz CT molecular complexity index is 3280. The molecule has 2 aliphatic heterocycles. The smallest absolute Gasteiger partial charge is 0.120 e. The maximum Gasteiger partial charge on any atom is 0.120 e. The lowest BCUT2D eigenvalue weighted by atomic mass is 10.0. The number of rotatable bonds is 15. The van der Waals surface area contributed by atoms with E-state index in [4.69, 9.17) is 51.9 Å². The highest BCUT2D eigenvalue weighted by Gasteiger charge is 2.23. The van der Waals surface area contributed by atoms with Crippen molar-refractivity contribution in [2.75, 3.05) is 49.4 Å². The van der Waals surface area contributed by atoms with Crippen LogP contribution in [0.4, 0.5) is 22.7 Å². The molecule has 10 N–H and O–H groups in total. The van der Waals surface area contributed by atoms with Gasteiger partial charge < -0.3 is 51.9 Å². The SMILES string of the molecule is C=CCOc1ccc(N)c(-c2c3nc(c(-c4cc(OCC=C)ccc4N)c4ccc([nH]4)c(-c4cc(OCC=C)ccc4N)c4nc(c(-c5cc(OCC)ccc5N)c5ccc2[nH]5)C=C4)C=C3)c1. The molecule has 12 nitrogen and oxygen atoms in total. The first-order chi connectivity index (χ1) is 32.7. The minimum absolute atomic E-state index is 0.311. The van der Waals surface area contributed by atoms with Gasteiger partial charge >= 0.3 is 0 Å². The second-order valence-electron chi connectivity index (χ2n) is 15.7. The summed E-state index contributed by atoms with van der Waals surface area (Å²) in [6.07, 6.45) is 13.0. The van der Waals surface area contributed by atoms with Crippen molar-refractivity contribution >= 4 is 69.1 Å². The number of aromatic nitrogens is 4. The summed E-state index contributed by atoms with van der Waals surface area (Å²) < 4.78 is 24.1. The molecular formula is C55H50N8O4. The van der Waals surface area contributed by atoms with E-state index in [2.05, 4.69) is 29.7 Å². The van der Waals surface area contributed by atoms with Crippen molar-refractivity contribution in [2.45, 2.75) is 6.92 Å². The molecule has 3 aromatic heterocycles. The van der Waals surface area contributed by atoms with Gasteiger partial charge in [-0.1, -0.05) is 38.0 Å². The Labute approximate surface area is 388 Å². The number of hydrogen-bond acceptors (Lipinski definition) is 10. The molecule has 9 rings (SSSR count). The topological polar surface area (TPSA) is 198 Å². The maximum atomic E-state index is 6.88.